The molecule has 0 aliphatic carbocycles. The molecule has 0 bridgehead atoms. The van der Waals surface area contributed by atoms with E-state index in [-0.39, 0.29) is 6.42 Å². The van der Waals surface area contributed by atoms with Gasteiger partial charge >= 0.3 is 5.97 Å². The highest BCUT2D eigenvalue weighted by Gasteiger charge is 2.19. The predicted octanol–water partition coefficient (Wildman–Crippen LogP) is 2.06. The van der Waals surface area contributed by atoms with E-state index < -0.39 is 17.5 Å². The Hall–Kier alpha value is -2.17. The monoisotopic (exact) mass is 263 g/mol. The summed E-state index contributed by atoms with van der Waals surface area (Å²) < 4.78 is 0. The van der Waals surface area contributed by atoms with Gasteiger partial charge in [0.15, 0.2) is 5.78 Å². The van der Waals surface area contributed by atoms with Crippen molar-refractivity contribution in [1.82, 2.24) is 0 Å². The molecule has 0 saturated heterocycles. The maximum absolute atomic E-state index is 11.5. The molecule has 5 heteroatoms. The summed E-state index contributed by atoms with van der Waals surface area (Å²) in [4.78, 5) is 22.1. The molecule has 0 spiro atoms. The topological polar surface area (TPSA) is 87.0 Å². The number of aliphatic carboxylic acids is 1. The number of carboxylic acid groups (broad SMARTS) is 1. The fourth-order valence-corrected chi connectivity index (χ4v) is 1.82. The van der Waals surface area contributed by atoms with Crippen molar-refractivity contribution in [1.29, 1.82) is 0 Å². The van der Waals surface area contributed by atoms with E-state index in [9.17, 15) is 9.59 Å². The third-order valence-electron chi connectivity index (χ3n) is 2.74. The lowest BCUT2D eigenvalue weighted by molar-refractivity contribution is -0.130. The Balaban J connectivity index is 2.64. The maximum atomic E-state index is 11.5. The van der Waals surface area contributed by atoms with Crippen molar-refractivity contribution in [3.8, 4) is 0 Å². The number of hydrogen-bond donors (Lipinski definition) is 2. The van der Waals surface area contributed by atoms with Crippen molar-refractivity contribution < 1.29 is 19.9 Å². The number of nitrogens with zero attached hydrogens (tertiary/aromatic N) is 1. The normalized spacial score (nSPS) is 11.3. The van der Waals surface area contributed by atoms with Gasteiger partial charge in [-0.15, -0.1) is 0 Å². The van der Waals surface area contributed by atoms with Gasteiger partial charge in [0, 0.05) is 6.42 Å². The van der Waals surface area contributed by atoms with E-state index >= 15 is 0 Å². The number of ketones is 1. The van der Waals surface area contributed by atoms with Crippen LogP contribution in [0.3, 0.4) is 0 Å². The summed E-state index contributed by atoms with van der Waals surface area (Å²) in [5.41, 5.74) is 1.36. The van der Waals surface area contributed by atoms with Crippen molar-refractivity contribution in [2.24, 2.45) is 5.16 Å². The van der Waals surface area contributed by atoms with Crippen LogP contribution < -0.4 is 0 Å². The molecule has 0 amide bonds. The molecule has 1 aromatic rings. The lowest BCUT2D eigenvalue weighted by Gasteiger charge is -2.04. The van der Waals surface area contributed by atoms with E-state index in [2.05, 4.69) is 12.1 Å². The van der Waals surface area contributed by atoms with Gasteiger partial charge in [-0.1, -0.05) is 42.8 Å². The van der Waals surface area contributed by atoms with E-state index in [0.717, 1.165) is 18.4 Å². The molecular weight excluding hydrogens is 246 g/mol. The first kappa shape index (κ1) is 14.9. The van der Waals surface area contributed by atoms with Crippen molar-refractivity contribution >= 4 is 17.5 Å². The summed E-state index contributed by atoms with van der Waals surface area (Å²) in [6.07, 6.45) is 2.47. The number of rotatable bonds is 7. The number of carbonyl (C=O) groups is 2. The van der Waals surface area contributed by atoms with E-state index in [4.69, 9.17) is 10.3 Å². The third kappa shape index (κ3) is 4.54. The average Bonchev–Trinajstić information content (AvgIpc) is 2.37. The standard InChI is InChI=1S/C14H17NO4/c1-2-4-10-5-3-6-11(9-10)7-8-12(16)13(15-19)14(17)18/h3,5-6,9,19H,2,4,7-8H2,1H3,(H,17,18)/b15-13-. The van der Waals surface area contributed by atoms with Crippen LogP contribution in [0.25, 0.3) is 0 Å². The summed E-state index contributed by atoms with van der Waals surface area (Å²) >= 11 is 0. The molecule has 0 fully saturated rings. The first-order chi connectivity index (χ1) is 9.08. The highest BCUT2D eigenvalue weighted by atomic mass is 16.4. The van der Waals surface area contributed by atoms with Crippen molar-refractivity contribution in [3.05, 3.63) is 35.4 Å². The number of hydrogen-bond acceptors (Lipinski definition) is 4. The van der Waals surface area contributed by atoms with Gasteiger partial charge in [0.1, 0.15) is 0 Å². The van der Waals surface area contributed by atoms with Gasteiger partial charge < -0.3 is 10.3 Å². The number of oxime groups is 1. The zero-order valence-corrected chi connectivity index (χ0v) is 10.8. The summed E-state index contributed by atoms with van der Waals surface area (Å²) in [7, 11) is 0. The van der Waals surface area contributed by atoms with Gasteiger partial charge in [0.2, 0.25) is 5.71 Å². The fraction of sp³-hybridized carbons (Fsp3) is 0.357. The number of carbonyl (C=O) groups excluding carboxylic acids is 1. The number of aryl methyl sites for hydroxylation is 2. The average molecular weight is 263 g/mol. The zero-order chi connectivity index (χ0) is 14.3. The minimum Gasteiger partial charge on any atom is -0.476 e. The summed E-state index contributed by atoms with van der Waals surface area (Å²) in [5.74, 6) is -2.18. The molecule has 0 radical (unpaired) electrons. The summed E-state index contributed by atoms with van der Waals surface area (Å²) in [6.45, 7) is 2.09. The first-order valence-corrected chi connectivity index (χ1v) is 6.14. The molecule has 1 rings (SSSR count). The van der Waals surface area contributed by atoms with Crippen molar-refractivity contribution in [2.75, 3.05) is 0 Å². The van der Waals surface area contributed by atoms with Crippen LogP contribution in [0, 0.1) is 0 Å². The van der Waals surface area contributed by atoms with Crippen LogP contribution in [0.5, 0.6) is 0 Å². The minimum absolute atomic E-state index is 0.0152. The number of benzene rings is 1. The Bertz CT molecular complexity index is 494. The number of carboxylic acids is 1. The van der Waals surface area contributed by atoms with Gasteiger partial charge in [-0.05, 0) is 24.0 Å². The van der Waals surface area contributed by atoms with Crippen LogP contribution in [0.2, 0.25) is 0 Å². The Morgan fingerprint density at radius 3 is 2.37 bits per heavy atom. The van der Waals surface area contributed by atoms with Crippen LogP contribution in [0.4, 0.5) is 0 Å². The van der Waals surface area contributed by atoms with E-state index in [1.165, 1.54) is 5.56 Å². The third-order valence-corrected chi connectivity index (χ3v) is 2.74. The van der Waals surface area contributed by atoms with Gasteiger partial charge in [0.05, 0.1) is 0 Å². The predicted molar refractivity (Wildman–Crippen MR) is 70.6 cm³/mol. The molecule has 0 aromatic heterocycles. The molecule has 0 aliphatic rings. The second-order valence-corrected chi connectivity index (χ2v) is 4.25. The fourth-order valence-electron chi connectivity index (χ4n) is 1.82. The second kappa shape index (κ2) is 7.31. The molecule has 1 aromatic carbocycles. The summed E-state index contributed by atoms with van der Waals surface area (Å²) in [6, 6.07) is 7.84. The van der Waals surface area contributed by atoms with Crippen molar-refractivity contribution in [3.63, 3.8) is 0 Å². The van der Waals surface area contributed by atoms with Gasteiger partial charge in [-0.2, -0.15) is 0 Å². The van der Waals surface area contributed by atoms with Gasteiger partial charge in [-0.3, -0.25) is 4.79 Å². The molecule has 0 aliphatic heterocycles. The Morgan fingerprint density at radius 2 is 1.84 bits per heavy atom. The summed E-state index contributed by atoms with van der Waals surface area (Å²) in [5, 5.41) is 19.6. The Morgan fingerprint density at radius 1 is 1.21 bits per heavy atom. The highest BCUT2D eigenvalue weighted by molar-refractivity contribution is 6.63. The van der Waals surface area contributed by atoms with Crippen LogP contribution in [-0.2, 0) is 22.4 Å². The molecule has 2 N–H and O–H groups in total. The lowest BCUT2D eigenvalue weighted by Crippen LogP contribution is -2.24. The van der Waals surface area contributed by atoms with Gasteiger partial charge in [0.25, 0.3) is 0 Å². The quantitative estimate of drug-likeness (QED) is 0.341. The molecule has 102 valence electrons. The highest BCUT2D eigenvalue weighted by Crippen LogP contribution is 2.10. The minimum atomic E-state index is -1.51. The smallest absolute Gasteiger partial charge is 0.361 e. The van der Waals surface area contributed by atoms with Crippen LogP contribution >= 0.6 is 0 Å². The van der Waals surface area contributed by atoms with E-state index in [1.807, 2.05) is 24.3 Å². The molecule has 19 heavy (non-hydrogen) atoms. The van der Waals surface area contributed by atoms with E-state index in [1.54, 1.807) is 0 Å². The van der Waals surface area contributed by atoms with Gasteiger partial charge in [-0.25, -0.2) is 4.79 Å². The largest absolute Gasteiger partial charge is 0.476 e. The maximum Gasteiger partial charge on any atom is 0.361 e. The molecule has 0 saturated carbocycles. The first-order valence-electron chi connectivity index (χ1n) is 6.14. The molecule has 0 unspecified atom stereocenters. The van der Waals surface area contributed by atoms with Crippen molar-refractivity contribution in [2.45, 2.75) is 32.6 Å². The van der Waals surface area contributed by atoms with Crippen LogP contribution in [0.1, 0.15) is 30.9 Å². The molecule has 5 nitrogen and oxygen atoms in total. The molecule has 0 heterocycles. The van der Waals surface area contributed by atoms with Crippen LogP contribution in [0.15, 0.2) is 29.4 Å². The number of Topliss-reactive ketones (excluding diaryl/α,β-unsaturated/α-hetero) is 1. The molecular formula is C14H17NO4. The molecule has 0 atom stereocenters. The second-order valence-electron chi connectivity index (χ2n) is 4.25. The SMILES string of the molecule is CCCc1cccc(CCC(=O)/C(=N/O)C(=O)O)c1. The van der Waals surface area contributed by atoms with E-state index in [0.29, 0.717) is 6.42 Å². The Labute approximate surface area is 111 Å². The lowest BCUT2D eigenvalue weighted by atomic mass is 10.0. The zero-order valence-electron chi connectivity index (χ0n) is 10.8. The van der Waals surface area contributed by atoms with Crippen LogP contribution in [-0.4, -0.2) is 27.8 Å². The Kier molecular flexibility index (Phi) is 5.73.